The third-order valence-electron chi connectivity index (χ3n) is 2.38. The zero-order valence-corrected chi connectivity index (χ0v) is 12.3. The van der Waals surface area contributed by atoms with Gasteiger partial charge < -0.3 is 15.0 Å². The molecule has 0 unspecified atom stereocenters. The molecule has 0 bridgehead atoms. The van der Waals surface area contributed by atoms with Gasteiger partial charge in [0.2, 0.25) is 0 Å². The van der Waals surface area contributed by atoms with Gasteiger partial charge in [0.25, 0.3) is 0 Å². The maximum atomic E-state index is 11.8. The van der Waals surface area contributed by atoms with Crippen LogP contribution in [0.25, 0.3) is 0 Å². The zero-order chi connectivity index (χ0) is 13.5. The number of halogens is 1. The van der Waals surface area contributed by atoms with Gasteiger partial charge in [-0.15, -0.1) is 11.8 Å². The van der Waals surface area contributed by atoms with Crippen LogP contribution < -0.4 is 5.32 Å². The Labute approximate surface area is 117 Å². The van der Waals surface area contributed by atoms with E-state index in [1.807, 2.05) is 18.4 Å². The Morgan fingerprint density at radius 3 is 2.83 bits per heavy atom. The summed E-state index contributed by atoms with van der Waals surface area (Å²) in [6.45, 7) is 1.05. The average Bonchev–Trinajstić information content (AvgIpc) is 2.36. The molecule has 1 rings (SSSR count). The van der Waals surface area contributed by atoms with Crippen LogP contribution in [0.2, 0.25) is 5.02 Å². The number of amides is 2. The third kappa shape index (κ3) is 4.40. The predicted octanol–water partition coefficient (Wildman–Crippen LogP) is 3.17. The maximum absolute atomic E-state index is 11.8. The summed E-state index contributed by atoms with van der Waals surface area (Å²) in [5.74, 6) is 0. The van der Waals surface area contributed by atoms with Gasteiger partial charge in [0.05, 0.1) is 11.6 Å². The molecule has 0 saturated heterocycles. The molecule has 1 aromatic rings. The molecule has 0 atom stereocenters. The molecule has 18 heavy (non-hydrogen) atoms. The molecule has 0 fully saturated rings. The summed E-state index contributed by atoms with van der Waals surface area (Å²) in [5.41, 5.74) is 0.687. The van der Waals surface area contributed by atoms with E-state index in [1.165, 1.54) is 0 Å². The first-order valence-corrected chi connectivity index (χ1v) is 7.03. The number of hydrogen-bond acceptors (Lipinski definition) is 3. The van der Waals surface area contributed by atoms with Crippen molar-refractivity contribution < 1.29 is 9.53 Å². The number of rotatable bonds is 5. The molecule has 6 heteroatoms. The SMILES string of the molecule is COCCN(C)C(=O)Nc1ccc(SC)c(Cl)c1. The predicted molar refractivity (Wildman–Crippen MR) is 76.8 cm³/mol. The lowest BCUT2D eigenvalue weighted by atomic mass is 10.3. The highest BCUT2D eigenvalue weighted by molar-refractivity contribution is 7.98. The van der Waals surface area contributed by atoms with E-state index in [9.17, 15) is 4.79 Å². The molecule has 0 saturated carbocycles. The van der Waals surface area contributed by atoms with E-state index in [0.717, 1.165) is 4.90 Å². The molecule has 1 aromatic carbocycles. The Balaban J connectivity index is 2.61. The van der Waals surface area contributed by atoms with Crippen LogP contribution in [0.4, 0.5) is 10.5 Å². The molecular weight excluding hydrogens is 272 g/mol. The zero-order valence-electron chi connectivity index (χ0n) is 10.7. The molecule has 1 N–H and O–H groups in total. The van der Waals surface area contributed by atoms with Crippen LogP contribution in [0.1, 0.15) is 0 Å². The van der Waals surface area contributed by atoms with Crippen molar-refractivity contribution in [2.24, 2.45) is 0 Å². The van der Waals surface area contributed by atoms with Crippen LogP contribution in [0.5, 0.6) is 0 Å². The molecule has 4 nitrogen and oxygen atoms in total. The fourth-order valence-electron chi connectivity index (χ4n) is 1.29. The van der Waals surface area contributed by atoms with Gasteiger partial charge in [0.15, 0.2) is 0 Å². The van der Waals surface area contributed by atoms with Gasteiger partial charge in [0, 0.05) is 31.3 Å². The highest BCUT2D eigenvalue weighted by atomic mass is 35.5. The van der Waals surface area contributed by atoms with Gasteiger partial charge in [-0.25, -0.2) is 4.79 Å². The lowest BCUT2D eigenvalue weighted by Crippen LogP contribution is -2.33. The first-order valence-electron chi connectivity index (χ1n) is 5.43. The second-order valence-electron chi connectivity index (χ2n) is 3.69. The van der Waals surface area contributed by atoms with Crippen molar-refractivity contribution in [1.29, 1.82) is 0 Å². The van der Waals surface area contributed by atoms with Crippen LogP contribution >= 0.6 is 23.4 Å². The standard InChI is InChI=1S/C12H17ClN2O2S/c1-15(6-7-17-2)12(16)14-9-4-5-11(18-3)10(13)8-9/h4-5,8H,6-7H2,1-3H3,(H,14,16). The third-order valence-corrected chi connectivity index (χ3v) is 3.60. The lowest BCUT2D eigenvalue weighted by molar-refractivity contribution is 0.165. The quantitative estimate of drug-likeness (QED) is 0.846. The molecule has 0 aliphatic carbocycles. The van der Waals surface area contributed by atoms with Gasteiger partial charge >= 0.3 is 6.03 Å². The summed E-state index contributed by atoms with van der Waals surface area (Å²) >= 11 is 7.64. The number of hydrogen-bond donors (Lipinski definition) is 1. The molecule has 0 spiro atoms. The van der Waals surface area contributed by atoms with Crippen molar-refractivity contribution in [1.82, 2.24) is 4.90 Å². The van der Waals surface area contributed by atoms with E-state index in [0.29, 0.717) is 23.9 Å². The molecule has 0 radical (unpaired) electrons. The fraction of sp³-hybridized carbons (Fsp3) is 0.417. The first-order chi connectivity index (χ1) is 8.58. The Morgan fingerprint density at radius 1 is 1.56 bits per heavy atom. The van der Waals surface area contributed by atoms with Crippen LogP contribution in [0, 0.1) is 0 Å². The van der Waals surface area contributed by atoms with Crippen molar-refractivity contribution in [3.8, 4) is 0 Å². The number of ether oxygens (including phenoxy) is 1. The minimum atomic E-state index is -0.181. The number of carbonyl (C=O) groups is 1. The summed E-state index contributed by atoms with van der Waals surface area (Å²) in [4.78, 5) is 14.3. The number of benzene rings is 1. The first kappa shape index (κ1) is 15.1. The van der Waals surface area contributed by atoms with E-state index in [-0.39, 0.29) is 6.03 Å². The normalized spacial score (nSPS) is 10.2. The summed E-state index contributed by atoms with van der Waals surface area (Å²) < 4.78 is 4.92. The number of nitrogens with one attached hydrogen (secondary N) is 1. The highest BCUT2D eigenvalue weighted by Crippen LogP contribution is 2.27. The number of carbonyl (C=O) groups excluding carboxylic acids is 1. The Bertz CT molecular complexity index is 415. The van der Waals surface area contributed by atoms with Gasteiger partial charge in [-0.05, 0) is 24.5 Å². The lowest BCUT2D eigenvalue weighted by Gasteiger charge is -2.17. The fourth-order valence-corrected chi connectivity index (χ4v) is 2.16. The smallest absolute Gasteiger partial charge is 0.321 e. The van der Waals surface area contributed by atoms with Crippen LogP contribution in [-0.4, -0.2) is 44.5 Å². The molecule has 0 aromatic heterocycles. The number of thioether (sulfide) groups is 1. The molecule has 0 aliphatic rings. The van der Waals surface area contributed by atoms with Crippen molar-refractivity contribution in [3.05, 3.63) is 23.2 Å². The second-order valence-corrected chi connectivity index (χ2v) is 4.95. The molecular formula is C12H17ClN2O2S. The Morgan fingerprint density at radius 2 is 2.28 bits per heavy atom. The van der Waals surface area contributed by atoms with Gasteiger partial charge in [0.1, 0.15) is 0 Å². The van der Waals surface area contributed by atoms with Gasteiger partial charge in [-0.2, -0.15) is 0 Å². The number of anilines is 1. The summed E-state index contributed by atoms with van der Waals surface area (Å²) in [6, 6.07) is 5.28. The van der Waals surface area contributed by atoms with E-state index >= 15 is 0 Å². The summed E-state index contributed by atoms with van der Waals surface area (Å²) in [5, 5.41) is 3.42. The van der Waals surface area contributed by atoms with Crippen molar-refractivity contribution >= 4 is 35.1 Å². The van der Waals surface area contributed by atoms with Crippen LogP contribution in [0.15, 0.2) is 23.1 Å². The minimum absolute atomic E-state index is 0.181. The largest absolute Gasteiger partial charge is 0.383 e. The maximum Gasteiger partial charge on any atom is 0.321 e. The van der Waals surface area contributed by atoms with E-state index in [4.69, 9.17) is 16.3 Å². The number of methoxy groups -OCH3 is 1. The number of likely N-dealkylation sites (N-methyl/N-ethyl adjacent to an activating group) is 1. The molecule has 0 aliphatic heterocycles. The van der Waals surface area contributed by atoms with Crippen LogP contribution in [-0.2, 0) is 4.74 Å². The average molecular weight is 289 g/mol. The number of urea groups is 1. The Hall–Kier alpha value is -0.910. The topological polar surface area (TPSA) is 41.6 Å². The van der Waals surface area contributed by atoms with Gasteiger partial charge in [-0.3, -0.25) is 0 Å². The molecule has 0 heterocycles. The van der Waals surface area contributed by atoms with Crippen molar-refractivity contribution in [2.45, 2.75) is 4.90 Å². The van der Waals surface area contributed by atoms with Crippen molar-refractivity contribution in [2.75, 3.05) is 38.9 Å². The van der Waals surface area contributed by atoms with Crippen LogP contribution in [0.3, 0.4) is 0 Å². The molecule has 2 amide bonds. The molecule has 100 valence electrons. The van der Waals surface area contributed by atoms with Gasteiger partial charge in [-0.1, -0.05) is 11.6 Å². The van der Waals surface area contributed by atoms with E-state index in [2.05, 4.69) is 5.32 Å². The van der Waals surface area contributed by atoms with Crippen molar-refractivity contribution in [3.63, 3.8) is 0 Å². The van der Waals surface area contributed by atoms with E-state index < -0.39 is 0 Å². The Kier molecular flexibility index (Phi) is 6.32. The minimum Gasteiger partial charge on any atom is -0.383 e. The summed E-state index contributed by atoms with van der Waals surface area (Å²) in [6.07, 6.45) is 1.96. The monoisotopic (exact) mass is 288 g/mol. The second kappa shape index (κ2) is 7.51. The summed E-state index contributed by atoms with van der Waals surface area (Å²) in [7, 11) is 3.32. The van der Waals surface area contributed by atoms with E-state index in [1.54, 1.807) is 36.9 Å². The number of nitrogens with zero attached hydrogens (tertiary/aromatic N) is 1. The highest BCUT2D eigenvalue weighted by Gasteiger charge is 2.09.